The molecule has 0 radical (unpaired) electrons. The molecule has 3 aromatic carbocycles. The number of fused-ring (bicyclic) bond motifs is 1. The van der Waals surface area contributed by atoms with Crippen molar-refractivity contribution < 1.29 is 22.8 Å². The van der Waals surface area contributed by atoms with Crippen LogP contribution in [0.25, 0.3) is 10.9 Å². The van der Waals surface area contributed by atoms with E-state index < -0.39 is 23.7 Å². The zero-order chi connectivity index (χ0) is 25.0. The minimum absolute atomic E-state index is 0.0149. The molecule has 0 saturated carbocycles. The van der Waals surface area contributed by atoms with Crippen LogP contribution in [0.5, 0.6) is 0 Å². The van der Waals surface area contributed by atoms with Gasteiger partial charge in [-0.2, -0.15) is 13.2 Å². The van der Waals surface area contributed by atoms with Gasteiger partial charge in [0, 0.05) is 23.3 Å². The molecule has 0 aliphatic rings. The predicted molar refractivity (Wildman–Crippen MR) is 126 cm³/mol. The molecule has 4 aromatic rings. The number of nitrogens with two attached hydrogens (primary N) is 1. The number of primary amides is 1. The fourth-order valence-corrected chi connectivity index (χ4v) is 3.44. The highest BCUT2D eigenvalue weighted by atomic mass is 19.4. The number of rotatable bonds is 6. The fourth-order valence-electron chi connectivity index (χ4n) is 3.44. The molecule has 4 rings (SSSR count). The summed E-state index contributed by atoms with van der Waals surface area (Å²) in [5.74, 6) is -0.0961. The van der Waals surface area contributed by atoms with Crippen LogP contribution in [0.3, 0.4) is 0 Å². The van der Waals surface area contributed by atoms with Gasteiger partial charge >= 0.3 is 12.2 Å². The number of nitrogens with one attached hydrogen (secondary N) is 3. The molecule has 8 nitrogen and oxygen atoms in total. The highest BCUT2D eigenvalue weighted by Crippen LogP contribution is 2.30. The second-order valence-electron chi connectivity index (χ2n) is 7.50. The van der Waals surface area contributed by atoms with Crippen LogP contribution in [-0.4, -0.2) is 21.9 Å². The maximum absolute atomic E-state index is 12.9. The topological polar surface area (TPSA) is 122 Å². The number of hydrogen-bond acceptors (Lipinski definition) is 5. The Morgan fingerprint density at radius 1 is 0.886 bits per heavy atom. The van der Waals surface area contributed by atoms with Gasteiger partial charge in [-0.1, -0.05) is 24.3 Å². The van der Waals surface area contributed by atoms with Gasteiger partial charge in [0.15, 0.2) is 0 Å². The monoisotopic (exact) mass is 480 g/mol. The van der Waals surface area contributed by atoms with Crippen molar-refractivity contribution in [3.05, 3.63) is 89.7 Å². The Labute approximate surface area is 197 Å². The number of carbonyl (C=O) groups is 2. The number of aromatic nitrogens is 2. The Balaban J connectivity index is 1.43. The number of para-hydroxylation sites is 1. The quantitative estimate of drug-likeness (QED) is 0.309. The van der Waals surface area contributed by atoms with Crippen LogP contribution in [0.1, 0.15) is 21.5 Å². The summed E-state index contributed by atoms with van der Waals surface area (Å²) < 4.78 is 38.6. The van der Waals surface area contributed by atoms with Crippen molar-refractivity contribution in [2.24, 2.45) is 5.73 Å². The molecule has 178 valence electrons. The van der Waals surface area contributed by atoms with E-state index in [1.165, 1.54) is 18.5 Å². The van der Waals surface area contributed by atoms with Crippen LogP contribution in [0.2, 0.25) is 0 Å². The van der Waals surface area contributed by atoms with Gasteiger partial charge in [0.25, 0.3) is 5.91 Å². The van der Waals surface area contributed by atoms with Crippen molar-refractivity contribution in [2.75, 3.05) is 16.0 Å². The molecule has 0 saturated heterocycles. The number of benzene rings is 3. The molecular weight excluding hydrogens is 461 g/mol. The number of hydrogen-bond donors (Lipinski definition) is 4. The molecule has 1 aromatic heterocycles. The number of alkyl halides is 3. The third kappa shape index (κ3) is 5.64. The summed E-state index contributed by atoms with van der Waals surface area (Å²) >= 11 is 0. The maximum atomic E-state index is 12.9. The first kappa shape index (κ1) is 23.5. The fraction of sp³-hybridized carbons (Fsp3) is 0.0833. The molecule has 0 aliphatic heterocycles. The molecule has 0 unspecified atom stereocenters. The summed E-state index contributed by atoms with van der Waals surface area (Å²) in [6.45, 7) is 0.331. The molecule has 35 heavy (non-hydrogen) atoms. The van der Waals surface area contributed by atoms with Crippen molar-refractivity contribution in [3.8, 4) is 0 Å². The smallest absolute Gasteiger partial charge is 0.366 e. The van der Waals surface area contributed by atoms with E-state index in [1.54, 1.807) is 36.4 Å². The van der Waals surface area contributed by atoms with Crippen LogP contribution in [-0.2, 0) is 12.7 Å². The van der Waals surface area contributed by atoms with Crippen molar-refractivity contribution in [1.29, 1.82) is 0 Å². The van der Waals surface area contributed by atoms with Gasteiger partial charge in [0.1, 0.15) is 12.1 Å². The molecule has 0 aliphatic carbocycles. The second-order valence-corrected chi connectivity index (χ2v) is 7.50. The second kappa shape index (κ2) is 9.67. The molecule has 3 amide bonds. The van der Waals surface area contributed by atoms with Crippen molar-refractivity contribution in [1.82, 2.24) is 9.97 Å². The van der Waals surface area contributed by atoms with Crippen LogP contribution in [0.4, 0.5) is 35.2 Å². The Morgan fingerprint density at radius 3 is 2.29 bits per heavy atom. The third-order valence-electron chi connectivity index (χ3n) is 5.02. The van der Waals surface area contributed by atoms with Crippen molar-refractivity contribution >= 4 is 40.0 Å². The summed E-state index contributed by atoms with van der Waals surface area (Å²) in [5.41, 5.74) is 6.52. The van der Waals surface area contributed by atoms with Gasteiger partial charge in [-0.25, -0.2) is 14.8 Å². The molecule has 0 bridgehead atoms. The Kier molecular flexibility index (Phi) is 6.49. The standard InChI is InChI=1S/C24H19F3N6O2/c25-24(26,27)15-5-2-7-17(11-15)33-23(35)32-16-6-1-4-14(10-16)12-29-22-19-9-3-8-18(21(28)34)20(19)30-13-31-22/h1-11,13H,12H2,(H2,28,34)(H,29,30,31)(H2,32,33,35). The molecule has 11 heteroatoms. The summed E-state index contributed by atoms with van der Waals surface area (Å²) in [6.07, 6.45) is -3.18. The summed E-state index contributed by atoms with van der Waals surface area (Å²) in [5, 5.41) is 8.79. The molecule has 0 atom stereocenters. The third-order valence-corrected chi connectivity index (χ3v) is 5.02. The number of nitrogens with zero attached hydrogens (tertiary/aromatic N) is 2. The number of carbonyl (C=O) groups excluding carboxylic acids is 2. The largest absolute Gasteiger partial charge is 0.416 e. The average Bonchev–Trinajstić information content (AvgIpc) is 2.82. The molecular formula is C24H19F3N6O2. The molecule has 1 heterocycles. The van der Waals surface area contributed by atoms with Crippen LogP contribution < -0.4 is 21.7 Å². The highest BCUT2D eigenvalue weighted by Gasteiger charge is 2.30. The lowest BCUT2D eigenvalue weighted by molar-refractivity contribution is -0.137. The minimum Gasteiger partial charge on any atom is -0.366 e. The number of anilines is 3. The summed E-state index contributed by atoms with van der Waals surface area (Å²) in [6, 6.07) is 15.6. The van der Waals surface area contributed by atoms with Gasteiger partial charge in [0.05, 0.1) is 16.6 Å². The van der Waals surface area contributed by atoms with E-state index in [4.69, 9.17) is 5.73 Å². The van der Waals surface area contributed by atoms with Crippen LogP contribution in [0.15, 0.2) is 73.1 Å². The van der Waals surface area contributed by atoms with E-state index in [0.717, 1.165) is 17.7 Å². The van der Waals surface area contributed by atoms with Crippen LogP contribution >= 0.6 is 0 Å². The average molecular weight is 480 g/mol. The van der Waals surface area contributed by atoms with E-state index in [0.29, 0.717) is 29.0 Å². The van der Waals surface area contributed by atoms with Gasteiger partial charge in [-0.15, -0.1) is 0 Å². The van der Waals surface area contributed by atoms with E-state index in [2.05, 4.69) is 25.9 Å². The maximum Gasteiger partial charge on any atom is 0.416 e. The van der Waals surface area contributed by atoms with Gasteiger partial charge in [-0.3, -0.25) is 4.79 Å². The number of halogens is 3. The van der Waals surface area contributed by atoms with Crippen molar-refractivity contribution in [2.45, 2.75) is 12.7 Å². The first-order valence-corrected chi connectivity index (χ1v) is 10.3. The number of amides is 3. The van der Waals surface area contributed by atoms with Crippen molar-refractivity contribution in [3.63, 3.8) is 0 Å². The normalized spacial score (nSPS) is 11.2. The molecule has 0 spiro atoms. The molecule has 0 fully saturated rings. The summed E-state index contributed by atoms with van der Waals surface area (Å²) in [4.78, 5) is 32.3. The summed E-state index contributed by atoms with van der Waals surface area (Å²) in [7, 11) is 0. The van der Waals surface area contributed by atoms with Crippen LogP contribution in [0, 0.1) is 0 Å². The first-order chi connectivity index (χ1) is 16.7. The van der Waals surface area contributed by atoms with E-state index in [1.807, 2.05) is 6.07 Å². The Morgan fingerprint density at radius 2 is 1.57 bits per heavy atom. The van der Waals surface area contributed by atoms with E-state index >= 15 is 0 Å². The Hall–Kier alpha value is -4.67. The predicted octanol–water partition coefficient (Wildman–Crippen LogP) is 5.00. The number of urea groups is 1. The lowest BCUT2D eigenvalue weighted by atomic mass is 10.1. The zero-order valence-electron chi connectivity index (χ0n) is 18.1. The lowest BCUT2D eigenvalue weighted by Crippen LogP contribution is -2.20. The van der Waals surface area contributed by atoms with Gasteiger partial charge in [-0.05, 0) is 48.0 Å². The lowest BCUT2D eigenvalue weighted by Gasteiger charge is -2.12. The van der Waals surface area contributed by atoms with Gasteiger partial charge < -0.3 is 21.7 Å². The molecule has 5 N–H and O–H groups in total. The van der Waals surface area contributed by atoms with E-state index in [-0.39, 0.29) is 11.3 Å². The SMILES string of the molecule is NC(=O)c1cccc2c(NCc3cccc(NC(=O)Nc4cccc(C(F)(F)F)c4)c3)ncnc12. The minimum atomic E-state index is -4.51. The van der Waals surface area contributed by atoms with Gasteiger partial charge in [0.2, 0.25) is 0 Å². The Bertz CT molecular complexity index is 1410. The van der Waals surface area contributed by atoms with E-state index in [9.17, 15) is 22.8 Å². The zero-order valence-corrected chi connectivity index (χ0v) is 18.1. The highest BCUT2D eigenvalue weighted by molar-refractivity contribution is 6.06. The first-order valence-electron chi connectivity index (χ1n) is 10.3.